The summed E-state index contributed by atoms with van der Waals surface area (Å²) in [6, 6.07) is -0.0719. The van der Waals surface area contributed by atoms with Gasteiger partial charge in [-0.1, -0.05) is 20.8 Å². The lowest BCUT2D eigenvalue weighted by atomic mass is 9.94. The molecule has 5 nitrogen and oxygen atoms in total. The van der Waals surface area contributed by atoms with Crippen LogP contribution in [0.5, 0.6) is 0 Å². The first-order valence-corrected chi connectivity index (χ1v) is 6.15. The first-order valence-electron chi connectivity index (χ1n) is 6.15. The minimum absolute atomic E-state index is 0.00873. The molecule has 0 unspecified atom stereocenters. The Morgan fingerprint density at radius 1 is 1.39 bits per heavy atom. The molecule has 18 heavy (non-hydrogen) atoms. The molecule has 1 amide bonds. The fourth-order valence-electron chi connectivity index (χ4n) is 1.88. The number of hydrogen-bond acceptors (Lipinski definition) is 4. The second-order valence-electron chi connectivity index (χ2n) is 5.58. The standard InChI is InChI=1S/C13H19N3O2/c1-9-14-7-10(8-15-9)11-5-6-18-16(11)12(17)13(2,3)4/h7-8,11H,5-6H2,1-4H3/t11-/m0/s1. The molecule has 1 atom stereocenters. The van der Waals surface area contributed by atoms with Crippen molar-refractivity contribution in [2.45, 2.75) is 40.2 Å². The summed E-state index contributed by atoms with van der Waals surface area (Å²) in [5, 5.41) is 1.48. The molecule has 0 aliphatic carbocycles. The van der Waals surface area contributed by atoms with Crippen molar-refractivity contribution in [1.29, 1.82) is 0 Å². The Kier molecular flexibility index (Phi) is 3.34. The molecule has 5 heteroatoms. The fraction of sp³-hybridized carbons (Fsp3) is 0.615. The molecule has 1 aliphatic heterocycles. The molecule has 1 fully saturated rings. The first-order chi connectivity index (χ1) is 8.39. The summed E-state index contributed by atoms with van der Waals surface area (Å²) < 4.78 is 0. The molecule has 0 aromatic carbocycles. The van der Waals surface area contributed by atoms with Crippen LogP contribution in [0.4, 0.5) is 0 Å². The molecular weight excluding hydrogens is 230 g/mol. The van der Waals surface area contributed by atoms with Crippen molar-refractivity contribution in [3.05, 3.63) is 23.8 Å². The Morgan fingerprint density at radius 3 is 2.56 bits per heavy atom. The highest BCUT2D eigenvalue weighted by molar-refractivity contribution is 5.81. The van der Waals surface area contributed by atoms with Gasteiger partial charge in [-0.05, 0) is 6.92 Å². The average Bonchev–Trinajstić information content (AvgIpc) is 2.76. The lowest BCUT2D eigenvalue weighted by Gasteiger charge is -2.28. The zero-order valence-corrected chi connectivity index (χ0v) is 11.3. The molecular formula is C13H19N3O2. The molecule has 0 saturated carbocycles. The van der Waals surface area contributed by atoms with Crippen molar-refractivity contribution in [2.75, 3.05) is 6.61 Å². The van der Waals surface area contributed by atoms with Crippen LogP contribution in [0.25, 0.3) is 0 Å². The molecule has 1 aromatic heterocycles. The molecule has 1 aromatic rings. The summed E-state index contributed by atoms with van der Waals surface area (Å²) in [6.07, 6.45) is 4.32. The van der Waals surface area contributed by atoms with Crippen LogP contribution in [0.2, 0.25) is 0 Å². The summed E-state index contributed by atoms with van der Waals surface area (Å²) in [6.45, 7) is 8.06. The van der Waals surface area contributed by atoms with Crippen molar-refractivity contribution in [2.24, 2.45) is 5.41 Å². The van der Waals surface area contributed by atoms with Crippen LogP contribution in [0.15, 0.2) is 12.4 Å². The largest absolute Gasteiger partial charge is 0.272 e. The van der Waals surface area contributed by atoms with E-state index in [-0.39, 0.29) is 11.9 Å². The van der Waals surface area contributed by atoms with Gasteiger partial charge in [0.1, 0.15) is 5.82 Å². The van der Waals surface area contributed by atoms with E-state index >= 15 is 0 Å². The average molecular weight is 249 g/mol. The maximum atomic E-state index is 12.3. The van der Waals surface area contributed by atoms with E-state index in [0.29, 0.717) is 6.61 Å². The highest BCUT2D eigenvalue weighted by atomic mass is 16.7. The predicted octanol–water partition coefficient (Wildman–Crippen LogP) is 2.04. The number of hydroxylamine groups is 2. The van der Waals surface area contributed by atoms with Crippen LogP contribution in [0, 0.1) is 12.3 Å². The molecule has 2 rings (SSSR count). The number of carbonyl (C=O) groups excluding carboxylic acids is 1. The molecule has 0 spiro atoms. The number of rotatable bonds is 1. The van der Waals surface area contributed by atoms with Crippen LogP contribution in [-0.2, 0) is 9.63 Å². The molecule has 0 N–H and O–H groups in total. The number of amides is 1. The maximum Gasteiger partial charge on any atom is 0.252 e. The third kappa shape index (κ3) is 2.51. The van der Waals surface area contributed by atoms with E-state index in [9.17, 15) is 4.79 Å². The van der Waals surface area contributed by atoms with Gasteiger partial charge >= 0.3 is 0 Å². The Balaban J connectivity index is 2.22. The SMILES string of the molecule is Cc1ncc([C@@H]2CCON2C(=O)C(C)(C)C)cn1. The lowest BCUT2D eigenvalue weighted by Crippen LogP contribution is -2.38. The lowest BCUT2D eigenvalue weighted by molar-refractivity contribution is -0.186. The van der Waals surface area contributed by atoms with Gasteiger partial charge in [-0.25, -0.2) is 15.0 Å². The number of hydrogen-bond donors (Lipinski definition) is 0. The Labute approximate surface area is 107 Å². The van der Waals surface area contributed by atoms with Crippen molar-refractivity contribution in [3.63, 3.8) is 0 Å². The van der Waals surface area contributed by atoms with Crippen LogP contribution < -0.4 is 0 Å². The molecule has 1 saturated heterocycles. The number of nitrogens with zero attached hydrogens (tertiary/aromatic N) is 3. The van der Waals surface area contributed by atoms with Crippen LogP contribution in [0.1, 0.15) is 44.6 Å². The number of aryl methyl sites for hydroxylation is 1. The highest BCUT2D eigenvalue weighted by Crippen LogP contribution is 2.33. The highest BCUT2D eigenvalue weighted by Gasteiger charge is 2.37. The summed E-state index contributed by atoms with van der Waals surface area (Å²) in [5.41, 5.74) is 0.476. The van der Waals surface area contributed by atoms with Crippen molar-refractivity contribution in [1.82, 2.24) is 15.0 Å². The van der Waals surface area contributed by atoms with E-state index in [1.165, 1.54) is 5.06 Å². The Morgan fingerprint density at radius 2 is 2.00 bits per heavy atom. The number of aromatic nitrogens is 2. The van der Waals surface area contributed by atoms with Crippen molar-refractivity contribution < 1.29 is 9.63 Å². The molecule has 0 radical (unpaired) electrons. The van der Waals surface area contributed by atoms with E-state index in [4.69, 9.17) is 4.84 Å². The van der Waals surface area contributed by atoms with Crippen LogP contribution in [-0.4, -0.2) is 27.5 Å². The van der Waals surface area contributed by atoms with E-state index < -0.39 is 5.41 Å². The minimum atomic E-state index is -0.450. The maximum absolute atomic E-state index is 12.3. The van der Waals surface area contributed by atoms with Gasteiger partial charge in [0.15, 0.2) is 0 Å². The summed E-state index contributed by atoms with van der Waals surface area (Å²) in [7, 11) is 0. The summed E-state index contributed by atoms with van der Waals surface area (Å²) in [5.74, 6) is 0.719. The Bertz CT molecular complexity index is 437. The smallest absolute Gasteiger partial charge is 0.252 e. The van der Waals surface area contributed by atoms with Gasteiger partial charge in [0, 0.05) is 29.8 Å². The third-order valence-electron chi connectivity index (χ3n) is 2.93. The van der Waals surface area contributed by atoms with Crippen molar-refractivity contribution >= 4 is 5.91 Å². The van der Waals surface area contributed by atoms with E-state index in [2.05, 4.69) is 9.97 Å². The van der Waals surface area contributed by atoms with Gasteiger partial charge in [0.05, 0.1) is 12.6 Å². The van der Waals surface area contributed by atoms with E-state index in [1.807, 2.05) is 27.7 Å². The van der Waals surface area contributed by atoms with Gasteiger partial charge in [-0.3, -0.25) is 9.63 Å². The molecule has 0 bridgehead atoms. The fourth-order valence-corrected chi connectivity index (χ4v) is 1.88. The summed E-state index contributed by atoms with van der Waals surface area (Å²) >= 11 is 0. The van der Waals surface area contributed by atoms with E-state index in [1.54, 1.807) is 12.4 Å². The second kappa shape index (κ2) is 4.65. The van der Waals surface area contributed by atoms with Crippen LogP contribution >= 0.6 is 0 Å². The monoisotopic (exact) mass is 249 g/mol. The van der Waals surface area contributed by atoms with Gasteiger partial charge in [0.2, 0.25) is 0 Å². The second-order valence-corrected chi connectivity index (χ2v) is 5.58. The first kappa shape index (κ1) is 13.0. The zero-order valence-electron chi connectivity index (χ0n) is 11.3. The molecule has 1 aliphatic rings. The zero-order chi connectivity index (χ0) is 13.3. The normalized spacial score (nSPS) is 20.2. The topological polar surface area (TPSA) is 55.3 Å². The molecule has 98 valence electrons. The predicted molar refractivity (Wildman–Crippen MR) is 66.4 cm³/mol. The van der Waals surface area contributed by atoms with Gasteiger partial charge in [0.25, 0.3) is 5.91 Å². The van der Waals surface area contributed by atoms with Gasteiger partial charge in [-0.2, -0.15) is 0 Å². The minimum Gasteiger partial charge on any atom is -0.272 e. The van der Waals surface area contributed by atoms with Crippen molar-refractivity contribution in [3.8, 4) is 0 Å². The Hall–Kier alpha value is -1.49. The van der Waals surface area contributed by atoms with Gasteiger partial charge in [-0.15, -0.1) is 0 Å². The summed E-state index contributed by atoms with van der Waals surface area (Å²) in [4.78, 5) is 26.1. The number of carbonyl (C=O) groups is 1. The molecule has 2 heterocycles. The quantitative estimate of drug-likeness (QED) is 0.764. The van der Waals surface area contributed by atoms with Crippen LogP contribution in [0.3, 0.4) is 0 Å². The third-order valence-corrected chi connectivity index (χ3v) is 2.93. The van der Waals surface area contributed by atoms with E-state index in [0.717, 1.165) is 17.8 Å². The van der Waals surface area contributed by atoms with Gasteiger partial charge < -0.3 is 0 Å².